The van der Waals surface area contributed by atoms with Crippen LogP contribution in [0, 0.1) is 11.7 Å². The van der Waals surface area contributed by atoms with Crippen LogP contribution in [0.15, 0.2) is 18.2 Å². The van der Waals surface area contributed by atoms with Crippen LogP contribution in [0.4, 0.5) is 4.39 Å². The first-order valence-electron chi connectivity index (χ1n) is 5.32. The Kier molecular flexibility index (Phi) is 2.91. The quantitative estimate of drug-likeness (QED) is 0.830. The molecule has 0 heterocycles. The lowest BCUT2D eigenvalue weighted by Gasteiger charge is -2.32. The summed E-state index contributed by atoms with van der Waals surface area (Å²) < 4.78 is 18.5. The van der Waals surface area contributed by atoms with Crippen molar-refractivity contribution in [1.82, 2.24) is 0 Å². The molecule has 0 bridgehead atoms. The van der Waals surface area contributed by atoms with E-state index in [1.54, 1.807) is 6.07 Å². The van der Waals surface area contributed by atoms with Crippen LogP contribution in [0.1, 0.15) is 30.9 Å². The van der Waals surface area contributed by atoms with Crippen LogP contribution in [0.25, 0.3) is 0 Å². The van der Waals surface area contributed by atoms with E-state index in [9.17, 15) is 4.39 Å². The molecule has 1 aromatic rings. The van der Waals surface area contributed by atoms with E-state index < -0.39 is 0 Å². The number of hydrogen-bond donors (Lipinski definition) is 1. The molecule has 1 aromatic carbocycles. The van der Waals surface area contributed by atoms with E-state index in [-0.39, 0.29) is 11.9 Å². The van der Waals surface area contributed by atoms with Crippen LogP contribution in [0.2, 0.25) is 0 Å². The van der Waals surface area contributed by atoms with Gasteiger partial charge in [-0.15, -0.1) is 0 Å². The third kappa shape index (κ3) is 1.84. The molecule has 0 aromatic heterocycles. The van der Waals surface area contributed by atoms with Crippen molar-refractivity contribution in [3.63, 3.8) is 0 Å². The van der Waals surface area contributed by atoms with E-state index in [0.717, 1.165) is 18.4 Å². The molecule has 0 saturated heterocycles. The maximum Gasteiger partial charge on any atom is 0.165 e. The normalized spacial score (nSPS) is 18.3. The Morgan fingerprint density at radius 2 is 2.20 bits per heavy atom. The van der Waals surface area contributed by atoms with Crippen molar-refractivity contribution >= 4 is 0 Å². The van der Waals surface area contributed by atoms with Crippen molar-refractivity contribution in [3.05, 3.63) is 29.6 Å². The van der Waals surface area contributed by atoms with Gasteiger partial charge in [0.1, 0.15) is 0 Å². The largest absolute Gasteiger partial charge is 0.493 e. The standard InChI is InChI=1S/C12H16FNO/c1-15-12-9(6-3-7-10(12)13)11(14)8-4-2-5-8/h3,6-8,11H,2,4-5,14H2,1H3. The highest BCUT2D eigenvalue weighted by Crippen LogP contribution is 2.39. The van der Waals surface area contributed by atoms with Gasteiger partial charge in [0, 0.05) is 11.6 Å². The lowest BCUT2D eigenvalue weighted by atomic mass is 9.77. The summed E-state index contributed by atoms with van der Waals surface area (Å²) in [4.78, 5) is 0. The van der Waals surface area contributed by atoms with Gasteiger partial charge in [-0.2, -0.15) is 0 Å². The molecule has 1 unspecified atom stereocenters. The van der Waals surface area contributed by atoms with Crippen LogP contribution < -0.4 is 10.5 Å². The van der Waals surface area contributed by atoms with Crippen LogP contribution in [-0.2, 0) is 0 Å². The SMILES string of the molecule is COc1c(F)cccc1C(N)C1CCC1. The number of nitrogens with two attached hydrogens (primary N) is 1. The first kappa shape index (κ1) is 10.4. The third-order valence-electron chi connectivity index (χ3n) is 3.22. The van der Waals surface area contributed by atoms with Gasteiger partial charge >= 0.3 is 0 Å². The summed E-state index contributed by atoms with van der Waals surface area (Å²) in [5, 5.41) is 0. The fraction of sp³-hybridized carbons (Fsp3) is 0.500. The highest BCUT2D eigenvalue weighted by Gasteiger charge is 2.28. The Hall–Kier alpha value is -1.09. The predicted molar refractivity (Wildman–Crippen MR) is 57.2 cm³/mol. The van der Waals surface area contributed by atoms with E-state index in [1.165, 1.54) is 19.6 Å². The van der Waals surface area contributed by atoms with Crippen molar-refractivity contribution in [2.75, 3.05) is 7.11 Å². The number of benzene rings is 1. The first-order valence-corrected chi connectivity index (χ1v) is 5.32. The molecule has 0 amide bonds. The van der Waals surface area contributed by atoms with Gasteiger partial charge in [-0.05, 0) is 24.8 Å². The fourth-order valence-corrected chi connectivity index (χ4v) is 2.06. The van der Waals surface area contributed by atoms with Crippen molar-refractivity contribution in [2.45, 2.75) is 25.3 Å². The molecule has 0 aliphatic heterocycles. The van der Waals surface area contributed by atoms with Crippen LogP contribution in [0.5, 0.6) is 5.75 Å². The summed E-state index contributed by atoms with van der Waals surface area (Å²) in [5.41, 5.74) is 6.89. The highest BCUT2D eigenvalue weighted by molar-refractivity contribution is 5.37. The minimum absolute atomic E-state index is 0.0931. The fourth-order valence-electron chi connectivity index (χ4n) is 2.06. The smallest absolute Gasteiger partial charge is 0.165 e. The Bertz CT molecular complexity index is 349. The van der Waals surface area contributed by atoms with Gasteiger partial charge in [0.05, 0.1) is 7.11 Å². The zero-order valence-electron chi connectivity index (χ0n) is 8.87. The molecule has 0 radical (unpaired) electrons. The third-order valence-corrected chi connectivity index (χ3v) is 3.22. The summed E-state index contributed by atoms with van der Waals surface area (Å²) in [6.07, 6.45) is 3.51. The van der Waals surface area contributed by atoms with Crippen molar-refractivity contribution in [2.24, 2.45) is 11.7 Å². The minimum atomic E-state index is -0.329. The van der Waals surface area contributed by atoms with Crippen molar-refractivity contribution in [3.8, 4) is 5.75 Å². The maximum atomic E-state index is 13.4. The molecule has 15 heavy (non-hydrogen) atoms. The summed E-state index contributed by atoms with van der Waals surface area (Å²) in [5.74, 6) is 0.461. The lowest BCUT2D eigenvalue weighted by molar-refractivity contribution is 0.258. The molecule has 1 aliphatic rings. The van der Waals surface area contributed by atoms with E-state index in [4.69, 9.17) is 10.5 Å². The monoisotopic (exact) mass is 209 g/mol. The highest BCUT2D eigenvalue weighted by atomic mass is 19.1. The minimum Gasteiger partial charge on any atom is -0.493 e. The van der Waals surface area contributed by atoms with Gasteiger partial charge in [-0.1, -0.05) is 18.6 Å². The molecule has 2 N–H and O–H groups in total. The summed E-state index contributed by atoms with van der Waals surface area (Å²) in [6, 6.07) is 4.84. The molecule has 0 spiro atoms. The van der Waals surface area contributed by atoms with E-state index in [2.05, 4.69) is 0 Å². The van der Waals surface area contributed by atoms with Crippen LogP contribution in [-0.4, -0.2) is 7.11 Å². The molecule has 2 nitrogen and oxygen atoms in total. The number of halogens is 1. The lowest BCUT2D eigenvalue weighted by Crippen LogP contribution is -2.27. The second-order valence-electron chi connectivity index (χ2n) is 4.08. The average Bonchev–Trinajstić information content (AvgIpc) is 2.14. The van der Waals surface area contributed by atoms with E-state index >= 15 is 0 Å². The summed E-state index contributed by atoms with van der Waals surface area (Å²) in [7, 11) is 1.48. The van der Waals surface area contributed by atoms with Crippen molar-refractivity contribution < 1.29 is 9.13 Å². The zero-order chi connectivity index (χ0) is 10.8. The average molecular weight is 209 g/mol. The van der Waals surface area contributed by atoms with Gasteiger partial charge in [0.25, 0.3) is 0 Å². The van der Waals surface area contributed by atoms with Gasteiger partial charge in [-0.25, -0.2) is 4.39 Å². The van der Waals surface area contributed by atoms with Crippen LogP contribution >= 0.6 is 0 Å². The van der Waals surface area contributed by atoms with Gasteiger partial charge in [-0.3, -0.25) is 0 Å². The molecule has 82 valence electrons. The van der Waals surface area contributed by atoms with Gasteiger partial charge < -0.3 is 10.5 Å². The molecular weight excluding hydrogens is 193 g/mol. The number of methoxy groups -OCH3 is 1. The number of para-hydroxylation sites is 1. The maximum absolute atomic E-state index is 13.4. The second-order valence-corrected chi connectivity index (χ2v) is 4.08. The molecule has 2 rings (SSSR count). The topological polar surface area (TPSA) is 35.2 Å². The van der Waals surface area contributed by atoms with Gasteiger partial charge in [0.15, 0.2) is 11.6 Å². The molecule has 1 saturated carbocycles. The number of ether oxygens (including phenoxy) is 1. The predicted octanol–water partition coefficient (Wildman–Crippen LogP) is 2.63. The Labute approximate surface area is 89.2 Å². The zero-order valence-corrected chi connectivity index (χ0v) is 8.87. The van der Waals surface area contributed by atoms with E-state index in [0.29, 0.717) is 11.7 Å². The van der Waals surface area contributed by atoms with Crippen molar-refractivity contribution in [1.29, 1.82) is 0 Å². The summed E-state index contributed by atoms with van der Waals surface area (Å²) in [6.45, 7) is 0. The van der Waals surface area contributed by atoms with Gasteiger partial charge in [0.2, 0.25) is 0 Å². The van der Waals surface area contributed by atoms with Crippen LogP contribution in [0.3, 0.4) is 0 Å². The molecule has 1 atom stereocenters. The molecule has 1 aliphatic carbocycles. The number of rotatable bonds is 3. The Balaban J connectivity index is 2.29. The number of hydrogen-bond acceptors (Lipinski definition) is 2. The first-order chi connectivity index (χ1) is 7.24. The molecular formula is C12H16FNO. The van der Waals surface area contributed by atoms with E-state index in [1.807, 2.05) is 6.07 Å². The molecule has 1 fully saturated rings. The Morgan fingerprint density at radius 1 is 1.47 bits per heavy atom. The summed E-state index contributed by atoms with van der Waals surface area (Å²) >= 11 is 0. The Morgan fingerprint density at radius 3 is 2.73 bits per heavy atom. The second kappa shape index (κ2) is 4.19. The molecule has 3 heteroatoms.